The molecule has 0 saturated carbocycles. The lowest BCUT2D eigenvalue weighted by atomic mass is 9.69. The molecule has 0 radical (unpaired) electrons. The monoisotopic (exact) mass is 490 g/mol. The van der Waals surface area contributed by atoms with Crippen LogP contribution in [0.4, 0.5) is 9.93 Å². The Hall–Kier alpha value is -4.18. The number of rotatable bonds is 6. The third-order valence-electron chi connectivity index (χ3n) is 5.83. The van der Waals surface area contributed by atoms with Gasteiger partial charge in [-0.05, 0) is 24.3 Å². The molecule has 2 N–H and O–H groups in total. The molecule has 0 aliphatic carbocycles. The number of para-hydroxylation sites is 1. The van der Waals surface area contributed by atoms with Gasteiger partial charge in [-0.2, -0.15) is 0 Å². The summed E-state index contributed by atoms with van der Waals surface area (Å²) in [4.78, 5) is 25.6. The molecule has 2 aromatic heterocycles. The molecular weight excluding hydrogens is 468 g/mol. The Morgan fingerprint density at radius 3 is 2.69 bits per heavy atom. The maximum absolute atomic E-state index is 13.3. The van der Waals surface area contributed by atoms with Gasteiger partial charge in [0.15, 0.2) is 0 Å². The third-order valence-corrected chi connectivity index (χ3v) is 6.44. The van der Waals surface area contributed by atoms with Gasteiger partial charge in [0.1, 0.15) is 28.5 Å². The minimum absolute atomic E-state index is 0.195. The van der Waals surface area contributed by atoms with Crippen LogP contribution in [0.2, 0.25) is 0 Å². The standard InChI is InChI=1S/C25H22N4O5S/c1-25(2,22(30)28-23-29-27-14-35-23)21-17-7-3-4-8-19(17)34-20-12-15(9-10-18(20)21)33-24(31)26-13-16-6-5-11-32-16/h3-12,14,21H,13H2,1-2H3,(H,26,31)(H,28,29,30)/t21-/m0/s1. The SMILES string of the molecule is CC(C)(C(=O)Nc1nncs1)[C@H]1c2ccccc2Oc2cc(OC(=O)NCc3ccco3)ccc21. The summed E-state index contributed by atoms with van der Waals surface area (Å²) in [5.74, 6) is 1.57. The average Bonchev–Trinajstić information content (AvgIpc) is 3.55. The molecule has 2 amide bonds. The van der Waals surface area contributed by atoms with E-state index in [9.17, 15) is 9.59 Å². The van der Waals surface area contributed by atoms with Gasteiger partial charge in [-0.25, -0.2) is 4.79 Å². The van der Waals surface area contributed by atoms with Gasteiger partial charge in [-0.1, -0.05) is 49.4 Å². The van der Waals surface area contributed by atoms with Crippen LogP contribution in [0.1, 0.15) is 36.7 Å². The Labute approximate surface area is 205 Å². The van der Waals surface area contributed by atoms with Crippen molar-refractivity contribution in [1.29, 1.82) is 0 Å². The predicted octanol–water partition coefficient (Wildman–Crippen LogP) is 5.32. The number of carbonyl (C=O) groups excluding carboxylic acids is 2. The summed E-state index contributed by atoms with van der Waals surface area (Å²) < 4.78 is 16.8. The number of ether oxygens (including phenoxy) is 2. The summed E-state index contributed by atoms with van der Waals surface area (Å²) in [5.41, 5.74) is 2.39. The van der Waals surface area contributed by atoms with Crippen LogP contribution in [-0.4, -0.2) is 22.2 Å². The first-order valence-corrected chi connectivity index (χ1v) is 11.8. The van der Waals surface area contributed by atoms with Crippen molar-refractivity contribution in [2.24, 2.45) is 5.41 Å². The Morgan fingerprint density at radius 2 is 1.91 bits per heavy atom. The highest BCUT2D eigenvalue weighted by molar-refractivity contribution is 7.13. The van der Waals surface area contributed by atoms with E-state index in [1.807, 2.05) is 44.2 Å². The molecule has 0 spiro atoms. The number of anilines is 1. The summed E-state index contributed by atoms with van der Waals surface area (Å²) in [6.45, 7) is 3.97. The molecule has 1 atom stereocenters. The summed E-state index contributed by atoms with van der Waals surface area (Å²) in [7, 11) is 0. The number of hydrogen-bond donors (Lipinski definition) is 2. The summed E-state index contributed by atoms with van der Waals surface area (Å²) in [6.07, 6.45) is 0.915. The maximum atomic E-state index is 13.3. The molecule has 0 bridgehead atoms. The van der Waals surface area contributed by atoms with Gasteiger partial charge >= 0.3 is 6.09 Å². The van der Waals surface area contributed by atoms with Crippen molar-refractivity contribution in [3.05, 3.63) is 83.3 Å². The maximum Gasteiger partial charge on any atom is 0.412 e. The van der Waals surface area contributed by atoms with Crippen molar-refractivity contribution in [2.45, 2.75) is 26.3 Å². The highest BCUT2D eigenvalue weighted by Crippen LogP contribution is 2.52. The molecule has 10 heteroatoms. The van der Waals surface area contributed by atoms with Crippen molar-refractivity contribution in [3.63, 3.8) is 0 Å². The van der Waals surface area contributed by atoms with Gasteiger partial charge < -0.3 is 24.5 Å². The second kappa shape index (κ2) is 9.22. The fraction of sp³-hybridized carbons (Fsp3) is 0.200. The van der Waals surface area contributed by atoms with E-state index in [-0.39, 0.29) is 18.4 Å². The highest BCUT2D eigenvalue weighted by Gasteiger charge is 2.43. The number of nitrogens with one attached hydrogen (secondary N) is 2. The van der Waals surface area contributed by atoms with E-state index in [2.05, 4.69) is 20.8 Å². The first-order chi connectivity index (χ1) is 16.9. The van der Waals surface area contributed by atoms with E-state index in [4.69, 9.17) is 13.9 Å². The zero-order chi connectivity index (χ0) is 24.4. The minimum atomic E-state index is -0.872. The lowest BCUT2D eigenvalue weighted by Crippen LogP contribution is -2.38. The molecule has 0 saturated heterocycles. The fourth-order valence-corrected chi connectivity index (χ4v) is 4.55. The fourth-order valence-electron chi connectivity index (χ4n) is 4.11. The smallest absolute Gasteiger partial charge is 0.412 e. The Bertz CT molecular complexity index is 1350. The number of aromatic nitrogens is 2. The minimum Gasteiger partial charge on any atom is -0.467 e. The van der Waals surface area contributed by atoms with Crippen molar-refractivity contribution in [3.8, 4) is 17.2 Å². The zero-order valence-electron chi connectivity index (χ0n) is 19.0. The molecule has 3 heterocycles. The van der Waals surface area contributed by atoms with Crippen molar-refractivity contribution < 1.29 is 23.5 Å². The first kappa shape index (κ1) is 22.6. The number of amides is 2. The van der Waals surface area contributed by atoms with Gasteiger partial charge in [-0.15, -0.1) is 10.2 Å². The number of benzene rings is 2. The molecule has 178 valence electrons. The van der Waals surface area contributed by atoms with Gasteiger partial charge in [-0.3, -0.25) is 4.79 Å². The molecule has 5 rings (SSSR count). The average molecular weight is 491 g/mol. The molecule has 0 fully saturated rings. The van der Waals surface area contributed by atoms with Crippen LogP contribution in [0.3, 0.4) is 0 Å². The first-order valence-electron chi connectivity index (χ1n) is 10.9. The van der Waals surface area contributed by atoms with Crippen LogP contribution in [-0.2, 0) is 11.3 Å². The number of furan rings is 1. The Morgan fingerprint density at radius 1 is 1.09 bits per heavy atom. The number of nitrogens with zero attached hydrogens (tertiary/aromatic N) is 2. The van der Waals surface area contributed by atoms with E-state index in [0.717, 1.165) is 11.1 Å². The van der Waals surface area contributed by atoms with E-state index in [0.29, 0.717) is 28.1 Å². The Balaban J connectivity index is 1.41. The zero-order valence-corrected chi connectivity index (χ0v) is 19.8. The van der Waals surface area contributed by atoms with Gasteiger partial charge in [0, 0.05) is 23.1 Å². The van der Waals surface area contributed by atoms with Crippen LogP contribution in [0.15, 0.2) is 70.8 Å². The van der Waals surface area contributed by atoms with E-state index < -0.39 is 11.5 Å². The van der Waals surface area contributed by atoms with Crippen molar-refractivity contribution >= 4 is 28.5 Å². The van der Waals surface area contributed by atoms with Crippen LogP contribution < -0.4 is 20.1 Å². The number of fused-ring (bicyclic) bond motifs is 2. The second-order valence-electron chi connectivity index (χ2n) is 8.51. The lowest BCUT2D eigenvalue weighted by molar-refractivity contribution is -0.124. The number of carbonyl (C=O) groups is 2. The molecule has 4 aromatic rings. The molecule has 0 unspecified atom stereocenters. The lowest BCUT2D eigenvalue weighted by Gasteiger charge is -2.38. The third kappa shape index (κ3) is 4.60. The van der Waals surface area contributed by atoms with E-state index in [1.54, 1.807) is 29.8 Å². The van der Waals surface area contributed by atoms with Crippen LogP contribution in [0.5, 0.6) is 17.2 Å². The molecule has 1 aliphatic heterocycles. The van der Waals surface area contributed by atoms with Crippen LogP contribution >= 0.6 is 11.3 Å². The molecular formula is C25H22N4O5S. The van der Waals surface area contributed by atoms with E-state index in [1.165, 1.54) is 17.6 Å². The van der Waals surface area contributed by atoms with Gasteiger partial charge in [0.05, 0.1) is 18.2 Å². The van der Waals surface area contributed by atoms with Crippen LogP contribution in [0, 0.1) is 5.41 Å². The molecule has 35 heavy (non-hydrogen) atoms. The quantitative estimate of drug-likeness (QED) is 0.376. The molecule has 1 aliphatic rings. The highest BCUT2D eigenvalue weighted by atomic mass is 32.1. The predicted molar refractivity (Wildman–Crippen MR) is 129 cm³/mol. The molecule has 9 nitrogen and oxygen atoms in total. The molecule has 2 aromatic carbocycles. The summed E-state index contributed by atoms with van der Waals surface area (Å²) >= 11 is 1.26. The van der Waals surface area contributed by atoms with Gasteiger partial charge in [0.2, 0.25) is 11.0 Å². The second-order valence-corrected chi connectivity index (χ2v) is 9.35. The Kier molecular flexibility index (Phi) is 5.96. The van der Waals surface area contributed by atoms with Gasteiger partial charge in [0.25, 0.3) is 0 Å². The topological polar surface area (TPSA) is 116 Å². The largest absolute Gasteiger partial charge is 0.467 e. The van der Waals surface area contributed by atoms with Crippen molar-refractivity contribution in [2.75, 3.05) is 5.32 Å². The van der Waals surface area contributed by atoms with Crippen LogP contribution in [0.25, 0.3) is 0 Å². The number of hydrogen-bond acceptors (Lipinski definition) is 8. The summed E-state index contributed by atoms with van der Waals surface area (Å²) in [5, 5.41) is 13.7. The van der Waals surface area contributed by atoms with Crippen molar-refractivity contribution in [1.82, 2.24) is 15.5 Å². The van der Waals surface area contributed by atoms with E-state index >= 15 is 0 Å². The normalized spacial score (nSPS) is 14.3. The summed E-state index contributed by atoms with van der Waals surface area (Å²) in [6, 6.07) is 16.3.